The molecule has 0 spiro atoms. The van der Waals surface area contributed by atoms with Crippen molar-refractivity contribution in [3.05, 3.63) is 64.2 Å². The third-order valence-electron chi connectivity index (χ3n) is 4.64. The zero-order chi connectivity index (χ0) is 21.3. The Hall–Kier alpha value is -2.75. The predicted molar refractivity (Wildman–Crippen MR) is 117 cm³/mol. The second kappa shape index (κ2) is 8.55. The normalized spacial score (nSPS) is 13.4. The van der Waals surface area contributed by atoms with Gasteiger partial charge in [0.15, 0.2) is 11.9 Å². The lowest BCUT2D eigenvalue weighted by Gasteiger charge is -2.31. The average Bonchev–Trinajstić information content (AvgIpc) is 2.74. The number of rotatable bonds is 5. The van der Waals surface area contributed by atoms with E-state index in [4.69, 9.17) is 21.7 Å². The summed E-state index contributed by atoms with van der Waals surface area (Å²) in [6.07, 6.45) is 4.54. The largest absolute Gasteiger partial charge is 0.453 e. The number of ether oxygens (including phenoxy) is 2. The van der Waals surface area contributed by atoms with Crippen molar-refractivity contribution >= 4 is 41.5 Å². The molecule has 0 fully saturated rings. The number of hydrogen-bond acceptors (Lipinski definition) is 8. The molecule has 2 aromatic heterocycles. The number of aromatic nitrogens is 3. The van der Waals surface area contributed by atoms with Crippen LogP contribution in [-0.2, 0) is 14.3 Å². The molecule has 0 amide bonds. The lowest BCUT2D eigenvalue weighted by atomic mass is 10.0. The minimum Gasteiger partial charge on any atom is -0.453 e. The van der Waals surface area contributed by atoms with E-state index >= 15 is 0 Å². The van der Waals surface area contributed by atoms with Gasteiger partial charge in [-0.2, -0.15) is 0 Å². The lowest BCUT2D eigenvalue weighted by Crippen LogP contribution is -2.25. The van der Waals surface area contributed by atoms with Crippen LogP contribution in [0.2, 0.25) is 0 Å². The maximum absolute atomic E-state index is 11.9. The summed E-state index contributed by atoms with van der Waals surface area (Å²) in [5.41, 5.74) is 3.49. The highest BCUT2D eigenvalue weighted by atomic mass is 32.2. The predicted octanol–water partition coefficient (Wildman–Crippen LogP) is 4.70. The first kappa shape index (κ1) is 20.5. The molecule has 1 aliphatic rings. The van der Waals surface area contributed by atoms with Crippen LogP contribution < -0.4 is 4.90 Å². The number of pyridine rings is 1. The third-order valence-corrected chi connectivity index (χ3v) is 6.13. The number of hydrogen-bond donors (Lipinski definition) is 1. The number of benzene rings is 1. The van der Waals surface area contributed by atoms with Gasteiger partial charge < -0.3 is 14.5 Å². The first-order chi connectivity index (χ1) is 14.5. The fourth-order valence-electron chi connectivity index (χ4n) is 3.31. The van der Waals surface area contributed by atoms with Crippen molar-refractivity contribution in [2.75, 3.05) is 18.7 Å². The summed E-state index contributed by atoms with van der Waals surface area (Å²) in [4.78, 5) is 26.8. The first-order valence-corrected chi connectivity index (χ1v) is 10.5. The molecule has 1 atom stereocenters. The van der Waals surface area contributed by atoms with Crippen molar-refractivity contribution in [3.63, 3.8) is 0 Å². The summed E-state index contributed by atoms with van der Waals surface area (Å²) in [7, 11) is 1.64. The molecule has 30 heavy (non-hydrogen) atoms. The van der Waals surface area contributed by atoms with Gasteiger partial charge in [-0.1, -0.05) is 30.0 Å². The fraction of sp³-hybridized carbons (Fsp3) is 0.238. The van der Waals surface area contributed by atoms with Crippen LogP contribution in [0, 0.1) is 11.6 Å². The van der Waals surface area contributed by atoms with Gasteiger partial charge in [0.25, 0.3) is 0 Å². The van der Waals surface area contributed by atoms with E-state index in [0.717, 1.165) is 38.1 Å². The molecule has 9 heteroatoms. The molecular formula is C21H20N4O3S2. The molecule has 0 aliphatic carbocycles. The molecule has 1 aliphatic heterocycles. The Kier molecular flexibility index (Phi) is 5.85. The maximum atomic E-state index is 11.9. The molecule has 7 nitrogen and oxygen atoms in total. The number of nitrogens with one attached hydrogen (secondary N) is 1. The number of nitrogens with zero attached hydrogens (tertiary/aromatic N) is 3. The van der Waals surface area contributed by atoms with E-state index in [1.807, 2.05) is 36.1 Å². The zero-order valence-electron chi connectivity index (χ0n) is 16.7. The second-order valence-electron chi connectivity index (χ2n) is 6.79. The summed E-state index contributed by atoms with van der Waals surface area (Å²) in [6.45, 7) is 3.65. The number of methoxy groups -OCH3 is 1. The molecule has 1 aromatic carbocycles. The Labute approximate surface area is 183 Å². The molecule has 1 unspecified atom stereocenters. The van der Waals surface area contributed by atoms with Gasteiger partial charge in [0.2, 0.25) is 0 Å². The standard InChI is InChI=1S/C21H20N4O3S2/c1-12-8-15(10-24-20(12)29)18(28-13(2)26)14-4-5-17-16(9-14)25(11-27-3)19-21(30-17)23-7-6-22-19/h4-10,18H,11H2,1-3H3,(H,24,29). The Morgan fingerprint density at radius 1 is 1.27 bits per heavy atom. The molecule has 4 rings (SSSR count). The summed E-state index contributed by atoms with van der Waals surface area (Å²) >= 11 is 6.81. The molecule has 0 saturated heterocycles. The van der Waals surface area contributed by atoms with Gasteiger partial charge in [0, 0.05) is 43.1 Å². The summed E-state index contributed by atoms with van der Waals surface area (Å²) < 4.78 is 11.8. The smallest absolute Gasteiger partial charge is 0.303 e. The highest BCUT2D eigenvalue weighted by molar-refractivity contribution is 7.99. The van der Waals surface area contributed by atoms with E-state index in [2.05, 4.69) is 15.0 Å². The van der Waals surface area contributed by atoms with E-state index in [-0.39, 0.29) is 5.97 Å². The van der Waals surface area contributed by atoms with Crippen molar-refractivity contribution in [3.8, 4) is 0 Å². The van der Waals surface area contributed by atoms with E-state index in [0.29, 0.717) is 11.4 Å². The van der Waals surface area contributed by atoms with Crippen LogP contribution in [0.1, 0.15) is 29.7 Å². The van der Waals surface area contributed by atoms with E-state index < -0.39 is 6.10 Å². The summed E-state index contributed by atoms with van der Waals surface area (Å²) in [5, 5.41) is 0.817. The molecule has 0 bridgehead atoms. The van der Waals surface area contributed by atoms with Crippen LogP contribution in [0.4, 0.5) is 11.5 Å². The van der Waals surface area contributed by atoms with Gasteiger partial charge in [0.05, 0.1) is 5.69 Å². The number of carbonyl (C=O) groups excluding carboxylic acids is 1. The SMILES string of the molecule is COCN1c2cc(C(OC(C)=O)c3c[nH]c(=S)c(C)c3)ccc2Sc2nccnc21. The van der Waals surface area contributed by atoms with Crippen LogP contribution in [0.3, 0.4) is 0 Å². The molecule has 3 aromatic rings. The number of H-pyrrole nitrogens is 1. The van der Waals surface area contributed by atoms with Crippen molar-refractivity contribution in [1.82, 2.24) is 15.0 Å². The van der Waals surface area contributed by atoms with Crippen LogP contribution in [-0.4, -0.2) is 34.8 Å². The number of aryl methyl sites for hydroxylation is 1. The van der Waals surface area contributed by atoms with Gasteiger partial charge in [-0.3, -0.25) is 9.69 Å². The van der Waals surface area contributed by atoms with Crippen molar-refractivity contribution in [1.29, 1.82) is 0 Å². The van der Waals surface area contributed by atoms with Gasteiger partial charge in [-0.05, 0) is 36.2 Å². The minimum absolute atomic E-state index is 0.318. The van der Waals surface area contributed by atoms with Gasteiger partial charge in [-0.25, -0.2) is 9.97 Å². The quantitative estimate of drug-likeness (QED) is 0.452. The highest BCUT2D eigenvalue weighted by Gasteiger charge is 2.28. The molecular weight excluding hydrogens is 420 g/mol. The van der Waals surface area contributed by atoms with E-state index in [1.54, 1.807) is 37.5 Å². The minimum atomic E-state index is -0.573. The first-order valence-electron chi connectivity index (χ1n) is 9.23. The zero-order valence-corrected chi connectivity index (χ0v) is 18.3. The Balaban J connectivity index is 1.81. The average molecular weight is 441 g/mol. The molecule has 0 radical (unpaired) electrons. The van der Waals surface area contributed by atoms with Gasteiger partial charge in [0.1, 0.15) is 16.4 Å². The van der Waals surface area contributed by atoms with Crippen molar-refractivity contribution in [2.45, 2.75) is 29.9 Å². The molecule has 0 saturated carbocycles. The monoisotopic (exact) mass is 440 g/mol. The van der Waals surface area contributed by atoms with E-state index in [9.17, 15) is 4.79 Å². The van der Waals surface area contributed by atoms with Crippen molar-refractivity contribution in [2.24, 2.45) is 0 Å². The second-order valence-corrected chi connectivity index (χ2v) is 8.23. The van der Waals surface area contributed by atoms with Crippen LogP contribution in [0.5, 0.6) is 0 Å². The van der Waals surface area contributed by atoms with Gasteiger partial charge >= 0.3 is 5.97 Å². The van der Waals surface area contributed by atoms with Crippen molar-refractivity contribution < 1.29 is 14.3 Å². The van der Waals surface area contributed by atoms with Gasteiger partial charge in [-0.15, -0.1) is 0 Å². The fourth-order valence-corrected chi connectivity index (χ4v) is 4.42. The summed E-state index contributed by atoms with van der Waals surface area (Å²) in [6, 6.07) is 7.91. The highest BCUT2D eigenvalue weighted by Crippen LogP contribution is 2.47. The molecule has 154 valence electrons. The molecule has 3 heterocycles. The third kappa shape index (κ3) is 3.96. The lowest BCUT2D eigenvalue weighted by molar-refractivity contribution is -0.144. The number of anilines is 2. The van der Waals surface area contributed by atoms with Crippen LogP contribution in [0.25, 0.3) is 0 Å². The van der Waals surface area contributed by atoms with E-state index in [1.165, 1.54) is 6.92 Å². The summed E-state index contributed by atoms with van der Waals surface area (Å²) in [5.74, 6) is 0.370. The van der Waals surface area contributed by atoms with Crippen LogP contribution in [0.15, 0.2) is 52.8 Å². The number of aromatic amines is 1. The maximum Gasteiger partial charge on any atom is 0.303 e. The Morgan fingerprint density at radius 3 is 2.80 bits per heavy atom. The Morgan fingerprint density at radius 2 is 2.07 bits per heavy atom. The Bertz CT molecular complexity index is 1160. The number of fused-ring (bicyclic) bond motifs is 2. The molecule has 1 N–H and O–H groups in total. The van der Waals surface area contributed by atoms with Crippen LogP contribution >= 0.6 is 24.0 Å². The number of carbonyl (C=O) groups is 1. The topological polar surface area (TPSA) is 80.3 Å². The number of esters is 1.